The van der Waals surface area contributed by atoms with E-state index in [0.29, 0.717) is 10.7 Å². The number of aromatic nitrogens is 1. The number of anilines is 1. The van der Waals surface area contributed by atoms with Crippen LogP contribution < -0.4 is 10.6 Å². The first kappa shape index (κ1) is 24.4. The van der Waals surface area contributed by atoms with E-state index in [1.54, 1.807) is 12.1 Å². The van der Waals surface area contributed by atoms with Crippen molar-refractivity contribution in [2.24, 2.45) is 5.92 Å². The third kappa shape index (κ3) is 6.21. The van der Waals surface area contributed by atoms with Gasteiger partial charge in [-0.3, -0.25) is 14.5 Å². The fourth-order valence-electron chi connectivity index (χ4n) is 4.15. The number of rotatable bonds is 6. The molecule has 0 unspecified atom stereocenters. The lowest BCUT2D eigenvalue weighted by molar-refractivity contribution is -0.115. The van der Waals surface area contributed by atoms with E-state index < -0.39 is 0 Å². The van der Waals surface area contributed by atoms with Crippen LogP contribution in [0.4, 0.5) is 5.13 Å². The molecule has 1 aliphatic heterocycles. The SMILES string of the molecule is CC1CCN(Cc2ccc3nc(NC(=O)CNC(=O)c4ccc(C(C)(C)C)cc4)sc3c2)CC1. The zero-order valence-electron chi connectivity index (χ0n) is 20.5. The molecule has 2 heterocycles. The van der Waals surface area contributed by atoms with Crippen molar-refractivity contribution < 1.29 is 9.59 Å². The Hall–Kier alpha value is -2.77. The molecule has 0 bridgehead atoms. The average molecular weight is 479 g/mol. The third-order valence-electron chi connectivity index (χ3n) is 6.40. The van der Waals surface area contributed by atoms with E-state index in [1.807, 2.05) is 18.2 Å². The molecule has 1 fully saturated rings. The molecule has 2 aromatic carbocycles. The Balaban J connectivity index is 1.30. The highest BCUT2D eigenvalue weighted by molar-refractivity contribution is 7.22. The number of benzene rings is 2. The number of carbonyl (C=O) groups excluding carboxylic acids is 2. The lowest BCUT2D eigenvalue weighted by Crippen LogP contribution is -2.32. The Bertz CT molecular complexity index is 1160. The Morgan fingerprint density at radius 1 is 1.09 bits per heavy atom. The first-order valence-corrected chi connectivity index (χ1v) is 12.8. The lowest BCUT2D eigenvalue weighted by atomic mass is 9.87. The monoisotopic (exact) mass is 478 g/mol. The van der Waals surface area contributed by atoms with E-state index in [9.17, 15) is 9.59 Å². The van der Waals surface area contributed by atoms with Crippen molar-refractivity contribution in [3.8, 4) is 0 Å². The first-order valence-electron chi connectivity index (χ1n) is 12.0. The number of hydrogen-bond acceptors (Lipinski definition) is 5. The van der Waals surface area contributed by atoms with Crippen molar-refractivity contribution in [3.05, 3.63) is 59.2 Å². The van der Waals surface area contributed by atoms with Crippen LogP contribution in [0.3, 0.4) is 0 Å². The minimum Gasteiger partial charge on any atom is -0.343 e. The fraction of sp³-hybridized carbons (Fsp3) is 0.444. The largest absolute Gasteiger partial charge is 0.343 e. The Kier molecular flexibility index (Phi) is 7.33. The molecule has 7 heteroatoms. The summed E-state index contributed by atoms with van der Waals surface area (Å²) >= 11 is 1.46. The maximum Gasteiger partial charge on any atom is 0.251 e. The van der Waals surface area contributed by atoms with Crippen LogP contribution in [0.2, 0.25) is 0 Å². The average Bonchev–Trinajstić information content (AvgIpc) is 3.20. The summed E-state index contributed by atoms with van der Waals surface area (Å²) in [6.07, 6.45) is 2.52. The van der Waals surface area contributed by atoms with Gasteiger partial charge in [0, 0.05) is 12.1 Å². The van der Waals surface area contributed by atoms with Gasteiger partial charge in [-0.2, -0.15) is 0 Å². The second-order valence-electron chi connectivity index (χ2n) is 10.3. The van der Waals surface area contributed by atoms with Gasteiger partial charge in [0.05, 0.1) is 16.8 Å². The molecule has 2 amide bonds. The van der Waals surface area contributed by atoms with Gasteiger partial charge in [0.2, 0.25) is 5.91 Å². The highest BCUT2D eigenvalue weighted by Crippen LogP contribution is 2.28. The summed E-state index contributed by atoms with van der Waals surface area (Å²) in [5.74, 6) is 0.267. The van der Waals surface area contributed by atoms with E-state index >= 15 is 0 Å². The molecule has 1 saturated heterocycles. The Labute approximate surface area is 205 Å². The summed E-state index contributed by atoms with van der Waals surface area (Å²) in [4.78, 5) is 31.8. The van der Waals surface area contributed by atoms with E-state index in [-0.39, 0.29) is 23.8 Å². The number of amides is 2. The van der Waals surface area contributed by atoms with Gasteiger partial charge in [-0.25, -0.2) is 4.98 Å². The van der Waals surface area contributed by atoms with Crippen LogP contribution >= 0.6 is 11.3 Å². The van der Waals surface area contributed by atoms with Crippen molar-refractivity contribution in [3.63, 3.8) is 0 Å². The zero-order chi connectivity index (χ0) is 24.3. The van der Waals surface area contributed by atoms with E-state index in [4.69, 9.17) is 0 Å². The number of carbonyl (C=O) groups is 2. The number of nitrogens with one attached hydrogen (secondary N) is 2. The van der Waals surface area contributed by atoms with Crippen LogP contribution in [-0.4, -0.2) is 41.3 Å². The first-order chi connectivity index (χ1) is 16.2. The Morgan fingerprint density at radius 3 is 2.47 bits per heavy atom. The minimum absolute atomic E-state index is 0.0269. The fourth-order valence-corrected chi connectivity index (χ4v) is 5.09. The number of nitrogens with zero attached hydrogens (tertiary/aromatic N) is 2. The van der Waals surface area contributed by atoms with Crippen LogP contribution in [0.5, 0.6) is 0 Å². The van der Waals surface area contributed by atoms with Gasteiger partial charge >= 0.3 is 0 Å². The van der Waals surface area contributed by atoms with Crippen LogP contribution in [-0.2, 0) is 16.8 Å². The third-order valence-corrected chi connectivity index (χ3v) is 7.34. The molecule has 1 aromatic heterocycles. The molecule has 0 atom stereocenters. The lowest BCUT2D eigenvalue weighted by Gasteiger charge is -2.30. The summed E-state index contributed by atoms with van der Waals surface area (Å²) in [5.41, 5.74) is 3.87. The van der Waals surface area contributed by atoms with Crippen LogP contribution in [0.1, 0.15) is 62.0 Å². The van der Waals surface area contributed by atoms with Crippen LogP contribution in [0, 0.1) is 5.92 Å². The van der Waals surface area contributed by atoms with Crippen molar-refractivity contribution in [1.82, 2.24) is 15.2 Å². The molecule has 0 saturated carbocycles. The predicted molar refractivity (Wildman–Crippen MR) is 139 cm³/mol. The standard InChI is InChI=1S/C27H34N4O2S/c1-18-11-13-31(14-12-18)17-19-5-10-22-23(15-19)34-26(29-22)30-24(32)16-28-25(33)20-6-8-21(9-7-20)27(2,3)4/h5-10,15,18H,11-14,16-17H2,1-4H3,(H,28,33)(H,29,30,32). The summed E-state index contributed by atoms with van der Waals surface area (Å²) in [6.45, 7) is 11.9. The van der Waals surface area contributed by atoms with Gasteiger partial charge in [0.15, 0.2) is 5.13 Å². The summed E-state index contributed by atoms with van der Waals surface area (Å²) in [5, 5.41) is 6.05. The van der Waals surface area contributed by atoms with E-state index in [2.05, 4.69) is 60.3 Å². The molecule has 2 N–H and O–H groups in total. The highest BCUT2D eigenvalue weighted by Gasteiger charge is 2.17. The molecule has 4 rings (SSSR count). The van der Waals surface area contributed by atoms with Crippen LogP contribution in [0.25, 0.3) is 10.2 Å². The van der Waals surface area contributed by atoms with Crippen molar-refractivity contribution in [2.75, 3.05) is 25.0 Å². The smallest absolute Gasteiger partial charge is 0.251 e. The molecule has 0 aliphatic carbocycles. The van der Waals surface area contributed by atoms with Crippen molar-refractivity contribution >= 4 is 38.5 Å². The second-order valence-corrected chi connectivity index (χ2v) is 11.4. The van der Waals surface area contributed by atoms with Gasteiger partial charge in [-0.1, -0.05) is 57.2 Å². The zero-order valence-corrected chi connectivity index (χ0v) is 21.3. The normalized spacial score (nSPS) is 15.4. The van der Waals surface area contributed by atoms with E-state index in [0.717, 1.165) is 41.3 Å². The second kappa shape index (κ2) is 10.2. The topological polar surface area (TPSA) is 74.3 Å². The molecule has 0 spiro atoms. The highest BCUT2D eigenvalue weighted by atomic mass is 32.1. The maximum atomic E-state index is 12.4. The van der Waals surface area contributed by atoms with Gasteiger partial charge < -0.3 is 10.6 Å². The van der Waals surface area contributed by atoms with Gasteiger partial charge in [0.25, 0.3) is 5.91 Å². The number of likely N-dealkylation sites (tertiary alicyclic amines) is 1. The molecule has 3 aromatic rings. The molecule has 1 aliphatic rings. The van der Waals surface area contributed by atoms with Crippen LogP contribution in [0.15, 0.2) is 42.5 Å². The number of fused-ring (bicyclic) bond motifs is 1. The molecule has 34 heavy (non-hydrogen) atoms. The number of thiazole rings is 1. The van der Waals surface area contributed by atoms with Crippen molar-refractivity contribution in [2.45, 2.75) is 52.5 Å². The van der Waals surface area contributed by atoms with Gasteiger partial charge in [-0.15, -0.1) is 0 Å². The molecule has 6 nitrogen and oxygen atoms in total. The number of piperidine rings is 1. The summed E-state index contributed by atoms with van der Waals surface area (Å²) in [6, 6.07) is 13.8. The Morgan fingerprint density at radius 2 is 1.79 bits per heavy atom. The molecule has 180 valence electrons. The maximum absolute atomic E-state index is 12.4. The number of hydrogen-bond donors (Lipinski definition) is 2. The van der Waals surface area contributed by atoms with Gasteiger partial charge in [-0.05, 0) is 72.7 Å². The summed E-state index contributed by atoms with van der Waals surface area (Å²) < 4.78 is 1.06. The summed E-state index contributed by atoms with van der Waals surface area (Å²) in [7, 11) is 0. The molecular weight excluding hydrogens is 444 g/mol. The predicted octanol–water partition coefficient (Wildman–Crippen LogP) is 5.19. The van der Waals surface area contributed by atoms with Gasteiger partial charge in [0.1, 0.15) is 0 Å². The molecule has 0 radical (unpaired) electrons. The molecular formula is C27H34N4O2S. The van der Waals surface area contributed by atoms with E-state index in [1.165, 1.54) is 29.7 Å². The minimum atomic E-state index is -0.290. The van der Waals surface area contributed by atoms with Crippen molar-refractivity contribution in [1.29, 1.82) is 0 Å². The quantitative estimate of drug-likeness (QED) is 0.511.